The van der Waals surface area contributed by atoms with E-state index >= 15 is 0 Å². The highest BCUT2D eigenvalue weighted by molar-refractivity contribution is 5.94. The van der Waals surface area contributed by atoms with Crippen molar-refractivity contribution in [3.63, 3.8) is 0 Å². The summed E-state index contributed by atoms with van der Waals surface area (Å²) in [5, 5.41) is 3.17. The monoisotopic (exact) mass is 273 g/mol. The van der Waals surface area contributed by atoms with Crippen LogP contribution in [-0.2, 0) is 0 Å². The summed E-state index contributed by atoms with van der Waals surface area (Å²) >= 11 is 0. The SMILES string of the molecule is Cc1c(F)cc(C(N)=O)cc1NC(C)c1cccnc1. The fraction of sp³-hybridized carbons (Fsp3) is 0.200. The molecule has 1 aromatic carbocycles. The van der Waals surface area contributed by atoms with Crippen molar-refractivity contribution in [1.82, 2.24) is 4.98 Å². The van der Waals surface area contributed by atoms with Gasteiger partial charge in [0.25, 0.3) is 0 Å². The van der Waals surface area contributed by atoms with Gasteiger partial charge in [0.05, 0.1) is 6.04 Å². The van der Waals surface area contributed by atoms with Gasteiger partial charge in [0.2, 0.25) is 5.91 Å². The van der Waals surface area contributed by atoms with E-state index in [1.807, 2.05) is 19.1 Å². The van der Waals surface area contributed by atoms with Gasteiger partial charge in [-0.1, -0.05) is 6.07 Å². The molecule has 2 aromatic rings. The number of carbonyl (C=O) groups excluding carboxylic acids is 1. The van der Waals surface area contributed by atoms with Crippen molar-refractivity contribution in [1.29, 1.82) is 0 Å². The molecule has 0 saturated carbocycles. The number of rotatable bonds is 4. The molecule has 0 saturated heterocycles. The Morgan fingerprint density at radius 3 is 2.80 bits per heavy atom. The Morgan fingerprint density at radius 2 is 2.20 bits per heavy atom. The molecule has 0 aliphatic carbocycles. The lowest BCUT2D eigenvalue weighted by molar-refractivity contribution is 0.1000. The maximum atomic E-state index is 13.8. The van der Waals surface area contributed by atoms with Crippen molar-refractivity contribution in [3.8, 4) is 0 Å². The van der Waals surface area contributed by atoms with Gasteiger partial charge >= 0.3 is 0 Å². The van der Waals surface area contributed by atoms with Gasteiger partial charge in [-0.05, 0) is 37.6 Å². The van der Waals surface area contributed by atoms with E-state index in [-0.39, 0.29) is 11.6 Å². The number of pyridine rings is 1. The van der Waals surface area contributed by atoms with Crippen molar-refractivity contribution in [2.75, 3.05) is 5.32 Å². The number of hydrogen-bond donors (Lipinski definition) is 2. The third kappa shape index (κ3) is 2.93. The molecule has 4 nitrogen and oxygen atoms in total. The number of aromatic nitrogens is 1. The van der Waals surface area contributed by atoms with Crippen LogP contribution < -0.4 is 11.1 Å². The third-order valence-corrected chi connectivity index (χ3v) is 3.19. The summed E-state index contributed by atoms with van der Waals surface area (Å²) in [4.78, 5) is 15.2. The van der Waals surface area contributed by atoms with Crippen LogP contribution in [0.1, 0.15) is 34.5 Å². The molecule has 0 fully saturated rings. The summed E-state index contributed by atoms with van der Waals surface area (Å²) in [7, 11) is 0. The van der Waals surface area contributed by atoms with Crippen LogP contribution in [-0.4, -0.2) is 10.9 Å². The summed E-state index contributed by atoms with van der Waals surface area (Å²) in [6, 6.07) is 6.41. The molecule has 0 aliphatic rings. The van der Waals surface area contributed by atoms with Gasteiger partial charge in [0.15, 0.2) is 0 Å². The van der Waals surface area contributed by atoms with E-state index in [4.69, 9.17) is 5.73 Å². The lowest BCUT2D eigenvalue weighted by Crippen LogP contribution is -2.14. The van der Waals surface area contributed by atoms with E-state index in [1.165, 1.54) is 0 Å². The molecule has 2 rings (SSSR count). The average Bonchev–Trinajstić information content (AvgIpc) is 2.44. The second-order valence-corrected chi connectivity index (χ2v) is 4.65. The molecule has 0 radical (unpaired) electrons. The van der Waals surface area contributed by atoms with Crippen LogP contribution in [0.2, 0.25) is 0 Å². The van der Waals surface area contributed by atoms with Gasteiger partial charge in [0, 0.05) is 29.2 Å². The zero-order chi connectivity index (χ0) is 14.7. The van der Waals surface area contributed by atoms with E-state index in [9.17, 15) is 9.18 Å². The van der Waals surface area contributed by atoms with E-state index in [2.05, 4.69) is 10.3 Å². The van der Waals surface area contributed by atoms with E-state index in [0.717, 1.165) is 11.6 Å². The molecule has 1 amide bonds. The average molecular weight is 273 g/mol. The van der Waals surface area contributed by atoms with Crippen molar-refractivity contribution in [2.45, 2.75) is 19.9 Å². The molecule has 20 heavy (non-hydrogen) atoms. The Kier molecular flexibility index (Phi) is 3.98. The number of nitrogens with one attached hydrogen (secondary N) is 1. The molecule has 3 N–H and O–H groups in total. The second-order valence-electron chi connectivity index (χ2n) is 4.65. The summed E-state index contributed by atoms with van der Waals surface area (Å²) in [5.74, 6) is -1.11. The van der Waals surface area contributed by atoms with Gasteiger partial charge in [-0.15, -0.1) is 0 Å². The lowest BCUT2D eigenvalue weighted by Gasteiger charge is -2.18. The highest BCUT2D eigenvalue weighted by Gasteiger charge is 2.13. The van der Waals surface area contributed by atoms with Crippen LogP contribution in [0.25, 0.3) is 0 Å². The molecule has 1 unspecified atom stereocenters. The zero-order valence-corrected chi connectivity index (χ0v) is 11.4. The van der Waals surface area contributed by atoms with Crippen LogP contribution in [0.3, 0.4) is 0 Å². The first-order valence-corrected chi connectivity index (χ1v) is 6.25. The number of primary amides is 1. The number of nitrogens with zero attached hydrogens (tertiary/aromatic N) is 1. The number of halogens is 1. The summed E-state index contributed by atoms with van der Waals surface area (Å²) in [6.45, 7) is 3.59. The first-order valence-electron chi connectivity index (χ1n) is 6.25. The van der Waals surface area contributed by atoms with Crippen molar-refractivity contribution in [2.24, 2.45) is 5.73 Å². The Hall–Kier alpha value is -2.43. The molecule has 0 spiro atoms. The smallest absolute Gasteiger partial charge is 0.248 e. The number of benzene rings is 1. The number of anilines is 1. The van der Waals surface area contributed by atoms with Crippen LogP contribution in [0, 0.1) is 12.7 Å². The maximum Gasteiger partial charge on any atom is 0.248 e. The van der Waals surface area contributed by atoms with Crippen LogP contribution in [0.4, 0.5) is 10.1 Å². The topological polar surface area (TPSA) is 68.0 Å². The fourth-order valence-corrected chi connectivity index (χ4v) is 1.92. The predicted molar refractivity (Wildman–Crippen MR) is 75.9 cm³/mol. The van der Waals surface area contributed by atoms with Crippen LogP contribution >= 0.6 is 0 Å². The summed E-state index contributed by atoms with van der Waals surface area (Å²) < 4.78 is 13.8. The Bertz CT molecular complexity index is 629. The van der Waals surface area contributed by atoms with Gasteiger partial charge in [-0.3, -0.25) is 9.78 Å². The van der Waals surface area contributed by atoms with Crippen molar-refractivity contribution < 1.29 is 9.18 Å². The van der Waals surface area contributed by atoms with Gasteiger partial charge < -0.3 is 11.1 Å². The predicted octanol–water partition coefficient (Wildman–Crippen LogP) is 2.80. The molecule has 1 atom stereocenters. The quantitative estimate of drug-likeness (QED) is 0.900. The summed E-state index contributed by atoms with van der Waals surface area (Å²) in [6.07, 6.45) is 3.43. The van der Waals surface area contributed by atoms with Crippen LogP contribution in [0.5, 0.6) is 0 Å². The molecule has 104 valence electrons. The minimum atomic E-state index is -0.652. The number of amides is 1. The molecular weight excluding hydrogens is 257 g/mol. The lowest BCUT2D eigenvalue weighted by atomic mass is 10.1. The standard InChI is InChI=1S/C15H16FN3O/c1-9-13(16)6-12(15(17)20)7-14(9)19-10(2)11-4-3-5-18-8-11/h3-8,10,19H,1-2H3,(H2,17,20). The zero-order valence-electron chi connectivity index (χ0n) is 11.4. The minimum Gasteiger partial charge on any atom is -0.378 e. The van der Waals surface area contributed by atoms with Gasteiger partial charge in [-0.25, -0.2) is 4.39 Å². The van der Waals surface area contributed by atoms with E-state index in [1.54, 1.807) is 25.4 Å². The molecule has 5 heteroatoms. The highest BCUT2D eigenvalue weighted by Crippen LogP contribution is 2.25. The van der Waals surface area contributed by atoms with E-state index in [0.29, 0.717) is 11.3 Å². The number of nitrogens with two attached hydrogens (primary N) is 1. The van der Waals surface area contributed by atoms with Gasteiger partial charge in [0.1, 0.15) is 5.82 Å². The number of hydrogen-bond acceptors (Lipinski definition) is 3. The van der Waals surface area contributed by atoms with E-state index < -0.39 is 11.7 Å². The van der Waals surface area contributed by atoms with Gasteiger partial charge in [-0.2, -0.15) is 0 Å². The molecule has 0 aliphatic heterocycles. The van der Waals surface area contributed by atoms with Crippen molar-refractivity contribution >= 4 is 11.6 Å². The fourth-order valence-electron chi connectivity index (χ4n) is 1.92. The first kappa shape index (κ1) is 14.0. The Balaban J connectivity index is 2.31. The maximum absolute atomic E-state index is 13.8. The van der Waals surface area contributed by atoms with Crippen molar-refractivity contribution in [3.05, 3.63) is 59.2 Å². The largest absolute Gasteiger partial charge is 0.378 e. The third-order valence-electron chi connectivity index (χ3n) is 3.19. The Labute approximate surface area is 116 Å². The molecule has 1 aromatic heterocycles. The number of carbonyl (C=O) groups is 1. The Morgan fingerprint density at radius 1 is 1.45 bits per heavy atom. The first-order chi connectivity index (χ1) is 9.49. The highest BCUT2D eigenvalue weighted by atomic mass is 19.1. The molecule has 0 bridgehead atoms. The minimum absolute atomic E-state index is 0.0649. The normalized spacial score (nSPS) is 11.9. The molecule has 1 heterocycles. The summed E-state index contributed by atoms with van der Waals surface area (Å²) in [5.41, 5.74) is 7.32. The molecular formula is C15H16FN3O. The second kappa shape index (κ2) is 5.69. The van der Waals surface area contributed by atoms with Crippen LogP contribution in [0.15, 0.2) is 36.7 Å².